The molecule has 1 amide bonds. The smallest absolute Gasteiger partial charge is 0.327 e. The number of nitrogens with two attached hydrogens (primary N) is 1. The predicted molar refractivity (Wildman–Crippen MR) is 63.1 cm³/mol. The quantitative estimate of drug-likeness (QED) is 0.771. The maximum absolute atomic E-state index is 12.3. The number of benzene rings is 1. The molecule has 1 saturated heterocycles. The van der Waals surface area contributed by atoms with Gasteiger partial charge in [-0.3, -0.25) is 4.79 Å². The Morgan fingerprint density at radius 2 is 1.89 bits per heavy atom. The molecular formula is C11H9F3N2OS. The minimum atomic E-state index is -4.35. The third kappa shape index (κ3) is 2.85. The lowest BCUT2D eigenvalue weighted by molar-refractivity contribution is -0.137. The Hall–Kier alpha value is -1.47. The van der Waals surface area contributed by atoms with E-state index < -0.39 is 17.2 Å². The van der Waals surface area contributed by atoms with Crippen molar-refractivity contribution in [3.8, 4) is 0 Å². The van der Waals surface area contributed by atoms with Gasteiger partial charge in [-0.05, 0) is 23.8 Å². The van der Waals surface area contributed by atoms with Crippen molar-refractivity contribution in [3.63, 3.8) is 0 Å². The van der Waals surface area contributed by atoms with E-state index in [-0.39, 0.29) is 5.91 Å². The minimum absolute atomic E-state index is 0.313. The van der Waals surface area contributed by atoms with Crippen LogP contribution in [0.15, 0.2) is 29.2 Å². The second kappa shape index (κ2) is 4.66. The first-order valence-corrected chi connectivity index (χ1v) is 5.86. The van der Waals surface area contributed by atoms with E-state index in [1.165, 1.54) is 18.2 Å². The first-order valence-electron chi connectivity index (χ1n) is 4.98. The molecule has 1 aliphatic heterocycles. The number of hydrogen-bond donors (Lipinski definition) is 2. The molecule has 3 N–H and O–H groups in total. The summed E-state index contributed by atoms with van der Waals surface area (Å²) in [5.74, 6) is -0.313. The summed E-state index contributed by atoms with van der Waals surface area (Å²) in [6.45, 7) is 0. The van der Waals surface area contributed by atoms with Gasteiger partial charge >= 0.3 is 6.18 Å². The Balaban J connectivity index is 2.21. The minimum Gasteiger partial charge on any atom is -0.327 e. The molecule has 1 fully saturated rings. The van der Waals surface area contributed by atoms with E-state index in [1.807, 2.05) is 0 Å². The normalized spacial score (nSPS) is 22.3. The topological polar surface area (TPSA) is 55.1 Å². The zero-order chi connectivity index (χ0) is 13.3. The van der Waals surface area contributed by atoms with Crippen LogP contribution < -0.4 is 11.1 Å². The van der Waals surface area contributed by atoms with Gasteiger partial charge in [-0.2, -0.15) is 13.2 Å². The summed E-state index contributed by atoms with van der Waals surface area (Å²) in [5.41, 5.74) is 4.80. The van der Waals surface area contributed by atoms with Gasteiger partial charge in [0.15, 0.2) is 0 Å². The van der Waals surface area contributed by atoms with Crippen LogP contribution in [0.5, 0.6) is 0 Å². The highest BCUT2D eigenvalue weighted by Crippen LogP contribution is 2.30. The van der Waals surface area contributed by atoms with Crippen LogP contribution in [0, 0.1) is 0 Å². The van der Waals surface area contributed by atoms with Crippen LogP contribution in [0.3, 0.4) is 0 Å². The Morgan fingerprint density at radius 1 is 1.28 bits per heavy atom. The zero-order valence-electron chi connectivity index (χ0n) is 8.99. The lowest BCUT2D eigenvalue weighted by Gasteiger charge is -2.06. The number of amides is 1. The number of hydrogen-bond acceptors (Lipinski definition) is 3. The van der Waals surface area contributed by atoms with Crippen LogP contribution in [0.1, 0.15) is 11.1 Å². The number of thioether (sulfide) groups is 1. The fourth-order valence-electron chi connectivity index (χ4n) is 1.44. The van der Waals surface area contributed by atoms with Crippen molar-refractivity contribution >= 4 is 23.7 Å². The van der Waals surface area contributed by atoms with Gasteiger partial charge in [0.2, 0.25) is 0 Å². The molecule has 0 spiro atoms. The largest absolute Gasteiger partial charge is 0.416 e. The Kier molecular flexibility index (Phi) is 3.36. The summed E-state index contributed by atoms with van der Waals surface area (Å²) in [7, 11) is 0. The average molecular weight is 274 g/mol. The van der Waals surface area contributed by atoms with E-state index in [1.54, 1.807) is 0 Å². The second-order valence-corrected chi connectivity index (χ2v) is 4.82. The number of nitrogens with one attached hydrogen (secondary N) is 1. The van der Waals surface area contributed by atoms with Crippen LogP contribution in [0.2, 0.25) is 0 Å². The summed E-state index contributed by atoms with van der Waals surface area (Å²) < 4.78 is 37.0. The van der Waals surface area contributed by atoms with E-state index in [0.29, 0.717) is 10.5 Å². The van der Waals surface area contributed by atoms with Crippen molar-refractivity contribution < 1.29 is 18.0 Å². The van der Waals surface area contributed by atoms with Crippen LogP contribution in [0.4, 0.5) is 13.2 Å². The van der Waals surface area contributed by atoms with E-state index in [4.69, 9.17) is 5.73 Å². The molecule has 1 aromatic rings. The van der Waals surface area contributed by atoms with Crippen molar-refractivity contribution in [1.29, 1.82) is 0 Å². The first kappa shape index (κ1) is 13.0. The van der Waals surface area contributed by atoms with Crippen LogP contribution in [0.25, 0.3) is 6.08 Å². The molecule has 7 heteroatoms. The van der Waals surface area contributed by atoms with Gasteiger partial charge < -0.3 is 11.1 Å². The van der Waals surface area contributed by atoms with Gasteiger partial charge in [-0.1, -0.05) is 23.9 Å². The molecule has 0 saturated carbocycles. The molecule has 1 aliphatic rings. The molecule has 0 aliphatic carbocycles. The molecule has 0 radical (unpaired) electrons. The van der Waals surface area contributed by atoms with Crippen molar-refractivity contribution in [1.82, 2.24) is 5.32 Å². The second-order valence-electron chi connectivity index (χ2n) is 3.64. The monoisotopic (exact) mass is 274 g/mol. The van der Waals surface area contributed by atoms with Crippen LogP contribution in [-0.4, -0.2) is 11.4 Å². The van der Waals surface area contributed by atoms with Gasteiger partial charge in [0.05, 0.1) is 10.5 Å². The predicted octanol–water partition coefficient (Wildman–Crippen LogP) is 2.15. The highest BCUT2D eigenvalue weighted by molar-refractivity contribution is 8.05. The SMILES string of the molecule is NC1NC(=O)/C(=C/c2ccc(C(F)(F)F)cc2)S1. The third-order valence-electron chi connectivity index (χ3n) is 2.29. The van der Waals surface area contributed by atoms with Crippen molar-refractivity contribution in [2.24, 2.45) is 5.73 Å². The zero-order valence-corrected chi connectivity index (χ0v) is 9.81. The van der Waals surface area contributed by atoms with E-state index in [2.05, 4.69) is 5.32 Å². The van der Waals surface area contributed by atoms with E-state index >= 15 is 0 Å². The van der Waals surface area contributed by atoms with Gasteiger partial charge in [0, 0.05) is 0 Å². The molecule has 1 unspecified atom stereocenters. The third-order valence-corrected chi connectivity index (χ3v) is 3.22. The van der Waals surface area contributed by atoms with Gasteiger partial charge in [-0.15, -0.1) is 0 Å². The highest BCUT2D eigenvalue weighted by Gasteiger charge is 2.30. The molecule has 2 rings (SSSR count). The number of alkyl halides is 3. The molecular weight excluding hydrogens is 265 g/mol. The molecule has 1 aromatic carbocycles. The molecule has 96 valence electrons. The van der Waals surface area contributed by atoms with Crippen LogP contribution >= 0.6 is 11.8 Å². The number of carbonyl (C=O) groups excluding carboxylic acids is 1. The Morgan fingerprint density at radius 3 is 2.33 bits per heavy atom. The fraction of sp³-hybridized carbons (Fsp3) is 0.182. The lowest BCUT2D eigenvalue weighted by atomic mass is 10.1. The molecule has 1 atom stereocenters. The molecule has 3 nitrogen and oxygen atoms in total. The summed E-state index contributed by atoms with van der Waals surface area (Å²) in [4.78, 5) is 11.7. The number of rotatable bonds is 1. The van der Waals surface area contributed by atoms with Crippen molar-refractivity contribution in [2.45, 2.75) is 11.7 Å². The van der Waals surface area contributed by atoms with Gasteiger partial charge in [-0.25, -0.2) is 0 Å². The maximum atomic E-state index is 12.3. The Labute approximate surface area is 105 Å². The average Bonchev–Trinajstić information content (AvgIpc) is 2.57. The summed E-state index contributed by atoms with van der Waals surface area (Å²) >= 11 is 1.13. The molecule has 18 heavy (non-hydrogen) atoms. The standard InChI is InChI=1S/C11H9F3N2OS/c12-11(13,14)7-3-1-6(2-4-7)5-8-9(17)16-10(15)18-8/h1-5,10H,15H2,(H,16,17)/b8-5-. The fourth-order valence-corrected chi connectivity index (χ4v) is 2.25. The van der Waals surface area contributed by atoms with Crippen LogP contribution in [-0.2, 0) is 11.0 Å². The van der Waals surface area contributed by atoms with Crippen molar-refractivity contribution in [2.75, 3.05) is 0 Å². The molecule has 0 aromatic heterocycles. The molecule has 1 heterocycles. The Bertz CT molecular complexity index is 496. The lowest BCUT2D eigenvalue weighted by Crippen LogP contribution is -2.31. The van der Waals surface area contributed by atoms with E-state index in [0.717, 1.165) is 23.9 Å². The number of carbonyl (C=O) groups is 1. The summed E-state index contributed by atoms with van der Waals surface area (Å²) in [5, 5.41) is 2.48. The first-order chi connectivity index (χ1) is 8.36. The molecule has 0 bridgehead atoms. The maximum Gasteiger partial charge on any atom is 0.416 e. The van der Waals surface area contributed by atoms with Gasteiger partial charge in [0.1, 0.15) is 5.50 Å². The van der Waals surface area contributed by atoms with Crippen molar-refractivity contribution in [3.05, 3.63) is 40.3 Å². The highest BCUT2D eigenvalue weighted by atomic mass is 32.2. The summed E-state index contributed by atoms with van der Waals surface area (Å²) in [6.07, 6.45) is -2.85. The van der Waals surface area contributed by atoms with E-state index in [9.17, 15) is 18.0 Å². The summed E-state index contributed by atoms with van der Waals surface area (Å²) in [6, 6.07) is 4.58. The number of halogens is 3. The van der Waals surface area contributed by atoms with Gasteiger partial charge in [0.25, 0.3) is 5.91 Å².